The number of nitrogens with zero attached hydrogens (tertiary/aromatic N) is 2. The molecule has 1 aliphatic carbocycles. The van der Waals surface area contributed by atoms with Gasteiger partial charge >= 0.3 is 0 Å². The number of hydrogen-bond acceptors (Lipinski definition) is 6. The summed E-state index contributed by atoms with van der Waals surface area (Å²) >= 11 is 0. The van der Waals surface area contributed by atoms with Gasteiger partial charge in [0.1, 0.15) is 11.8 Å². The number of nitrogens with two attached hydrogens (primary N) is 1. The Balaban J connectivity index is 1.63. The van der Waals surface area contributed by atoms with Crippen LogP contribution >= 0.6 is 0 Å². The van der Waals surface area contributed by atoms with E-state index in [2.05, 4.69) is 28.3 Å². The van der Waals surface area contributed by atoms with E-state index in [0.717, 1.165) is 61.0 Å². The van der Waals surface area contributed by atoms with Crippen LogP contribution < -0.4 is 11.1 Å². The molecule has 0 bridgehead atoms. The van der Waals surface area contributed by atoms with Crippen molar-refractivity contribution in [1.82, 2.24) is 10.2 Å². The molecule has 130 valence electrons. The van der Waals surface area contributed by atoms with E-state index in [-0.39, 0.29) is 6.10 Å². The molecule has 0 spiro atoms. The van der Waals surface area contributed by atoms with Crippen LogP contribution in [0.25, 0.3) is 0 Å². The maximum Gasteiger partial charge on any atom is 0.192 e. The fourth-order valence-corrected chi connectivity index (χ4v) is 4.00. The molecule has 4 aliphatic rings. The fourth-order valence-electron chi connectivity index (χ4n) is 4.00. The minimum absolute atomic E-state index is 0.199. The van der Waals surface area contributed by atoms with Gasteiger partial charge in [-0.1, -0.05) is 0 Å². The van der Waals surface area contributed by atoms with Crippen LogP contribution in [0.5, 0.6) is 0 Å². The van der Waals surface area contributed by atoms with Crippen LogP contribution in [0, 0.1) is 5.92 Å². The lowest BCUT2D eigenvalue weighted by molar-refractivity contribution is 0.000293. The third-order valence-electron chi connectivity index (χ3n) is 5.50. The van der Waals surface area contributed by atoms with Crippen molar-refractivity contribution < 1.29 is 9.47 Å². The number of aliphatic imine (C=N–C) groups is 1. The normalized spacial score (nSPS) is 32.5. The molecule has 1 atom stereocenters. The van der Waals surface area contributed by atoms with Gasteiger partial charge in [0.05, 0.1) is 25.0 Å². The van der Waals surface area contributed by atoms with Crippen LogP contribution in [0.15, 0.2) is 40.1 Å². The number of dihydropyridines is 2. The zero-order valence-corrected chi connectivity index (χ0v) is 14.4. The van der Waals surface area contributed by atoms with Gasteiger partial charge in [-0.25, -0.2) is 4.99 Å². The largest absolute Gasteiger partial charge is 0.484 e. The van der Waals surface area contributed by atoms with Crippen LogP contribution in [0.1, 0.15) is 32.1 Å². The Kier molecular flexibility index (Phi) is 4.00. The fraction of sp³-hybridized carbons (Fsp3) is 0.611. The van der Waals surface area contributed by atoms with Gasteiger partial charge in [-0.05, 0) is 37.7 Å². The van der Waals surface area contributed by atoms with Gasteiger partial charge in [-0.2, -0.15) is 0 Å². The van der Waals surface area contributed by atoms with Gasteiger partial charge in [0, 0.05) is 25.7 Å². The number of morpholine rings is 1. The Hall–Kier alpha value is -1.95. The number of nitrogens with one attached hydrogen (secondary N) is 1. The minimum Gasteiger partial charge on any atom is -0.484 e. The first-order chi connectivity index (χ1) is 11.7. The summed E-state index contributed by atoms with van der Waals surface area (Å²) in [5.74, 6) is 2.17. The molecule has 0 aromatic rings. The van der Waals surface area contributed by atoms with Gasteiger partial charge < -0.3 is 25.4 Å². The summed E-state index contributed by atoms with van der Waals surface area (Å²) in [5, 5.41) is 3.34. The monoisotopic (exact) mass is 330 g/mol. The number of fused-ring (bicyclic) bond motifs is 2. The van der Waals surface area contributed by atoms with E-state index >= 15 is 0 Å². The topological polar surface area (TPSA) is 72.1 Å². The third kappa shape index (κ3) is 2.69. The standard InChI is InChI=1S/C18H26N4O2/c1-22-10-15(11-3-5-12(19)6-4-11)24-18-14(22)9-20-13-7-8-16(23-2)21-17(13)18/h7,9,11-12,15,20H,3-6,8,10,19H2,1-2H3/t11-,12-,15?. The van der Waals surface area contributed by atoms with Crippen LogP contribution in [-0.2, 0) is 9.47 Å². The predicted molar refractivity (Wildman–Crippen MR) is 92.8 cm³/mol. The van der Waals surface area contributed by atoms with Crippen molar-refractivity contribution in [1.29, 1.82) is 0 Å². The van der Waals surface area contributed by atoms with Crippen molar-refractivity contribution in [2.45, 2.75) is 44.2 Å². The van der Waals surface area contributed by atoms with Crippen molar-refractivity contribution >= 4 is 5.90 Å². The average Bonchev–Trinajstić information content (AvgIpc) is 2.61. The molecule has 0 aromatic heterocycles. The van der Waals surface area contributed by atoms with Gasteiger partial charge in [-0.15, -0.1) is 0 Å². The van der Waals surface area contributed by atoms with E-state index in [1.165, 1.54) is 0 Å². The molecule has 6 nitrogen and oxygen atoms in total. The van der Waals surface area contributed by atoms with Gasteiger partial charge in [-0.3, -0.25) is 0 Å². The summed E-state index contributed by atoms with van der Waals surface area (Å²) in [6, 6.07) is 0.362. The highest BCUT2D eigenvalue weighted by Gasteiger charge is 2.37. The summed E-state index contributed by atoms with van der Waals surface area (Å²) in [7, 11) is 3.79. The second-order valence-corrected chi connectivity index (χ2v) is 7.09. The van der Waals surface area contributed by atoms with Gasteiger partial charge in [0.2, 0.25) is 0 Å². The van der Waals surface area contributed by atoms with Crippen LogP contribution in [-0.4, -0.2) is 43.6 Å². The Morgan fingerprint density at radius 1 is 1.33 bits per heavy atom. The molecule has 1 saturated heterocycles. The second kappa shape index (κ2) is 6.16. The average molecular weight is 330 g/mol. The first-order valence-electron chi connectivity index (χ1n) is 8.82. The molecular weight excluding hydrogens is 304 g/mol. The number of ether oxygens (including phenoxy) is 2. The number of methoxy groups -OCH3 is 1. The first-order valence-corrected chi connectivity index (χ1v) is 8.82. The number of hydrogen-bond donors (Lipinski definition) is 2. The van der Waals surface area contributed by atoms with E-state index in [1.807, 2.05) is 6.20 Å². The molecule has 0 aromatic carbocycles. The highest BCUT2D eigenvalue weighted by Crippen LogP contribution is 2.38. The molecule has 3 heterocycles. The lowest BCUT2D eigenvalue weighted by atomic mass is 9.82. The van der Waals surface area contributed by atoms with Gasteiger partial charge in [0.25, 0.3) is 0 Å². The SMILES string of the molecule is COC1=NC2=C3OC([C@H]4CC[C@H](N)CC4)CN(C)C3=CNC2=CC1. The molecule has 0 radical (unpaired) electrons. The van der Waals surface area contributed by atoms with Crippen molar-refractivity contribution in [3.8, 4) is 0 Å². The molecule has 6 heteroatoms. The van der Waals surface area contributed by atoms with Crippen molar-refractivity contribution in [2.75, 3.05) is 20.7 Å². The van der Waals surface area contributed by atoms with Crippen LogP contribution in [0.4, 0.5) is 0 Å². The molecule has 3 N–H and O–H groups in total. The molecule has 1 unspecified atom stereocenters. The van der Waals surface area contributed by atoms with E-state index in [9.17, 15) is 0 Å². The minimum atomic E-state index is 0.199. The van der Waals surface area contributed by atoms with E-state index in [1.54, 1.807) is 7.11 Å². The summed E-state index contributed by atoms with van der Waals surface area (Å²) in [6.45, 7) is 0.907. The first kappa shape index (κ1) is 15.6. The lowest BCUT2D eigenvalue weighted by Gasteiger charge is -2.43. The third-order valence-corrected chi connectivity index (χ3v) is 5.50. The smallest absolute Gasteiger partial charge is 0.192 e. The number of likely N-dealkylation sites (N-methyl/N-ethyl adjacent to an activating group) is 1. The molecule has 0 amide bonds. The zero-order chi connectivity index (χ0) is 16.7. The maximum absolute atomic E-state index is 6.48. The molecule has 2 fully saturated rings. The van der Waals surface area contributed by atoms with Crippen molar-refractivity contribution in [3.63, 3.8) is 0 Å². The molecular formula is C18H26N4O2. The quantitative estimate of drug-likeness (QED) is 0.767. The van der Waals surface area contributed by atoms with Crippen LogP contribution in [0.3, 0.4) is 0 Å². The summed E-state index contributed by atoms with van der Waals surface area (Å²) in [6.07, 6.45) is 9.52. The van der Waals surface area contributed by atoms with E-state index in [0.29, 0.717) is 18.4 Å². The summed E-state index contributed by atoms with van der Waals surface area (Å²) in [5.41, 5.74) is 8.99. The highest BCUT2D eigenvalue weighted by atomic mass is 16.5. The second-order valence-electron chi connectivity index (χ2n) is 7.09. The molecule has 4 rings (SSSR count). The zero-order valence-electron chi connectivity index (χ0n) is 14.4. The Morgan fingerprint density at radius 2 is 2.12 bits per heavy atom. The Morgan fingerprint density at radius 3 is 2.88 bits per heavy atom. The lowest BCUT2D eigenvalue weighted by Crippen LogP contribution is -2.45. The van der Waals surface area contributed by atoms with Crippen LogP contribution in [0.2, 0.25) is 0 Å². The van der Waals surface area contributed by atoms with Crippen molar-refractivity contribution in [2.24, 2.45) is 16.6 Å². The van der Waals surface area contributed by atoms with E-state index in [4.69, 9.17) is 15.2 Å². The molecule has 1 saturated carbocycles. The Bertz CT molecular complexity index is 641. The molecule has 24 heavy (non-hydrogen) atoms. The van der Waals surface area contributed by atoms with Crippen molar-refractivity contribution in [3.05, 3.63) is 35.1 Å². The van der Waals surface area contributed by atoms with Gasteiger partial charge in [0.15, 0.2) is 11.7 Å². The number of rotatable bonds is 1. The highest BCUT2D eigenvalue weighted by molar-refractivity contribution is 5.81. The Labute approximate surface area is 143 Å². The summed E-state index contributed by atoms with van der Waals surface area (Å²) in [4.78, 5) is 6.93. The molecule has 3 aliphatic heterocycles. The summed E-state index contributed by atoms with van der Waals surface area (Å²) < 4.78 is 11.8. The maximum atomic E-state index is 6.48. The predicted octanol–water partition coefficient (Wildman–Crippen LogP) is 1.82. The van der Waals surface area contributed by atoms with E-state index < -0.39 is 0 Å².